The molecule has 0 aliphatic heterocycles. The second-order valence-electron chi connectivity index (χ2n) is 6.92. The lowest BCUT2D eigenvalue weighted by Crippen LogP contribution is -2.34. The molecule has 0 saturated heterocycles. The van der Waals surface area contributed by atoms with Crippen molar-refractivity contribution in [3.05, 3.63) is 53.6 Å². The van der Waals surface area contributed by atoms with Crippen LogP contribution < -0.4 is 10.6 Å². The van der Waals surface area contributed by atoms with E-state index in [0.717, 1.165) is 34.6 Å². The first-order chi connectivity index (χ1) is 13.0. The summed E-state index contributed by atoms with van der Waals surface area (Å²) in [5.41, 5.74) is 3.81. The Hall–Kier alpha value is -2.35. The predicted octanol–water partition coefficient (Wildman–Crippen LogP) is 2.87. The number of hydrogen-bond acceptors (Lipinski definition) is 6. The normalized spacial score (nSPS) is 12.4. The number of aromatic nitrogens is 2. The zero-order valence-corrected chi connectivity index (χ0v) is 16.7. The molecule has 2 aromatic carbocycles. The van der Waals surface area contributed by atoms with Crippen molar-refractivity contribution < 1.29 is 4.79 Å². The molecule has 0 aliphatic carbocycles. The van der Waals surface area contributed by atoms with Crippen LogP contribution in [0.2, 0.25) is 0 Å². The molecule has 0 spiro atoms. The molecule has 0 saturated carbocycles. The molecule has 2 N–H and O–H groups in total. The van der Waals surface area contributed by atoms with Gasteiger partial charge in [-0.25, -0.2) is 0 Å². The molecule has 1 amide bonds. The summed E-state index contributed by atoms with van der Waals surface area (Å²) >= 11 is 1.33. The van der Waals surface area contributed by atoms with Gasteiger partial charge in [-0.3, -0.25) is 4.79 Å². The Labute approximate surface area is 163 Å². The van der Waals surface area contributed by atoms with Crippen molar-refractivity contribution in [2.24, 2.45) is 0 Å². The number of carbonyl (C=O) groups excluding carboxylic acids is 1. The van der Waals surface area contributed by atoms with Crippen LogP contribution in [-0.2, 0) is 4.79 Å². The number of benzene rings is 2. The molecular formula is C20H25N5OS. The fraction of sp³-hybridized carbons (Fsp3) is 0.350. The second-order valence-corrected chi connectivity index (χ2v) is 7.70. The lowest BCUT2D eigenvalue weighted by molar-refractivity contribution is -0.117. The molecule has 3 rings (SSSR count). The molecule has 1 aromatic heterocycles. The molecule has 0 fully saturated rings. The maximum absolute atomic E-state index is 13.0. The van der Waals surface area contributed by atoms with Crippen LogP contribution in [0.1, 0.15) is 17.0 Å². The number of hydrogen-bond donors (Lipinski definition) is 2. The third-order valence-corrected chi connectivity index (χ3v) is 5.08. The van der Waals surface area contributed by atoms with Crippen LogP contribution in [0.4, 0.5) is 5.69 Å². The van der Waals surface area contributed by atoms with Crippen LogP contribution in [0.5, 0.6) is 0 Å². The molecule has 1 unspecified atom stereocenters. The Morgan fingerprint density at radius 1 is 1.19 bits per heavy atom. The van der Waals surface area contributed by atoms with Crippen molar-refractivity contribution in [2.45, 2.75) is 12.8 Å². The number of nitrogens with one attached hydrogen (secondary N) is 2. The average molecular weight is 384 g/mol. The van der Waals surface area contributed by atoms with E-state index in [-0.39, 0.29) is 11.8 Å². The lowest BCUT2D eigenvalue weighted by Gasteiger charge is -2.19. The number of amides is 1. The van der Waals surface area contributed by atoms with Gasteiger partial charge in [-0.05, 0) is 56.3 Å². The fourth-order valence-electron chi connectivity index (χ4n) is 2.80. The van der Waals surface area contributed by atoms with E-state index in [1.165, 1.54) is 17.1 Å². The van der Waals surface area contributed by atoms with Crippen LogP contribution >= 0.6 is 11.5 Å². The van der Waals surface area contributed by atoms with Crippen molar-refractivity contribution in [1.82, 2.24) is 19.8 Å². The first kappa shape index (κ1) is 19.4. The number of fused-ring (bicyclic) bond motifs is 1. The minimum absolute atomic E-state index is 0.0203. The third-order valence-electron chi connectivity index (χ3n) is 4.40. The molecule has 142 valence electrons. The Bertz CT molecular complexity index is 891. The number of nitrogens with zero attached hydrogens (tertiary/aromatic N) is 3. The highest BCUT2D eigenvalue weighted by atomic mass is 32.1. The van der Waals surface area contributed by atoms with Gasteiger partial charge in [0.2, 0.25) is 5.91 Å². The molecule has 1 heterocycles. The van der Waals surface area contributed by atoms with Crippen molar-refractivity contribution in [1.29, 1.82) is 0 Å². The Kier molecular flexibility index (Phi) is 6.49. The van der Waals surface area contributed by atoms with Crippen LogP contribution in [0.3, 0.4) is 0 Å². The van der Waals surface area contributed by atoms with Gasteiger partial charge in [-0.2, -0.15) is 0 Å². The van der Waals surface area contributed by atoms with E-state index < -0.39 is 0 Å². The quantitative estimate of drug-likeness (QED) is 0.586. The monoisotopic (exact) mass is 383 g/mol. The highest BCUT2D eigenvalue weighted by Gasteiger charge is 2.20. The zero-order chi connectivity index (χ0) is 19.2. The standard InChI is InChI=1S/C20H25N5OS/c1-14-4-6-15(7-5-14)17(13-21-10-11-25(2)3)20(26)22-16-8-9-18-19(12-16)27-24-23-18/h4-9,12,17,21H,10-11,13H2,1-3H3,(H,22,26). The predicted molar refractivity (Wildman–Crippen MR) is 111 cm³/mol. The van der Waals surface area contributed by atoms with Gasteiger partial charge in [0.05, 0.1) is 10.6 Å². The van der Waals surface area contributed by atoms with E-state index in [4.69, 9.17) is 0 Å². The lowest BCUT2D eigenvalue weighted by atomic mass is 9.97. The van der Waals surface area contributed by atoms with E-state index in [0.29, 0.717) is 6.54 Å². The molecule has 3 aromatic rings. The Morgan fingerprint density at radius 3 is 2.70 bits per heavy atom. The molecule has 7 heteroatoms. The molecule has 0 bridgehead atoms. The van der Waals surface area contributed by atoms with Crippen molar-refractivity contribution in [3.8, 4) is 0 Å². The van der Waals surface area contributed by atoms with Gasteiger partial charge in [0.1, 0.15) is 5.52 Å². The number of aryl methyl sites for hydroxylation is 1. The van der Waals surface area contributed by atoms with Crippen LogP contribution in [0, 0.1) is 6.92 Å². The first-order valence-electron chi connectivity index (χ1n) is 8.98. The summed E-state index contributed by atoms with van der Waals surface area (Å²) < 4.78 is 4.90. The third kappa shape index (κ3) is 5.32. The SMILES string of the molecule is Cc1ccc(C(CNCCN(C)C)C(=O)Nc2ccc3nnsc3c2)cc1. The summed E-state index contributed by atoms with van der Waals surface area (Å²) in [6, 6.07) is 13.8. The molecule has 0 radical (unpaired) electrons. The van der Waals surface area contributed by atoms with Crippen LogP contribution in [0.15, 0.2) is 42.5 Å². The number of carbonyl (C=O) groups is 1. The Balaban J connectivity index is 1.73. The fourth-order valence-corrected chi connectivity index (χ4v) is 3.39. The molecular weight excluding hydrogens is 358 g/mol. The maximum Gasteiger partial charge on any atom is 0.233 e. The van der Waals surface area contributed by atoms with E-state index in [2.05, 4.69) is 25.1 Å². The van der Waals surface area contributed by atoms with Crippen LogP contribution in [0.25, 0.3) is 10.2 Å². The number of rotatable bonds is 8. The topological polar surface area (TPSA) is 70.2 Å². The van der Waals surface area contributed by atoms with Gasteiger partial charge in [0, 0.05) is 25.3 Å². The largest absolute Gasteiger partial charge is 0.325 e. The minimum Gasteiger partial charge on any atom is -0.325 e. The maximum atomic E-state index is 13.0. The molecule has 6 nitrogen and oxygen atoms in total. The minimum atomic E-state index is -0.261. The van der Waals surface area contributed by atoms with E-state index in [1.807, 2.05) is 63.5 Å². The highest BCUT2D eigenvalue weighted by Crippen LogP contribution is 2.23. The van der Waals surface area contributed by atoms with Gasteiger partial charge in [-0.1, -0.05) is 34.3 Å². The molecule has 27 heavy (non-hydrogen) atoms. The van der Waals surface area contributed by atoms with E-state index >= 15 is 0 Å². The summed E-state index contributed by atoms with van der Waals surface area (Å²) in [4.78, 5) is 15.1. The average Bonchev–Trinajstić information content (AvgIpc) is 3.10. The number of likely N-dealkylation sites (N-methyl/N-ethyl adjacent to an activating group) is 1. The van der Waals surface area contributed by atoms with E-state index in [9.17, 15) is 4.79 Å². The summed E-state index contributed by atoms with van der Waals surface area (Å²) in [6.45, 7) is 4.40. The van der Waals surface area contributed by atoms with Crippen molar-refractivity contribution >= 4 is 33.3 Å². The van der Waals surface area contributed by atoms with Gasteiger partial charge < -0.3 is 15.5 Å². The van der Waals surface area contributed by atoms with E-state index in [1.54, 1.807) is 0 Å². The summed E-state index contributed by atoms with van der Waals surface area (Å²) in [7, 11) is 4.08. The summed E-state index contributed by atoms with van der Waals surface area (Å²) in [5.74, 6) is -0.281. The van der Waals surface area contributed by atoms with Gasteiger partial charge in [0.15, 0.2) is 0 Å². The van der Waals surface area contributed by atoms with Gasteiger partial charge in [-0.15, -0.1) is 5.10 Å². The first-order valence-corrected chi connectivity index (χ1v) is 9.75. The van der Waals surface area contributed by atoms with Gasteiger partial charge >= 0.3 is 0 Å². The highest BCUT2D eigenvalue weighted by molar-refractivity contribution is 7.12. The molecule has 1 atom stereocenters. The molecule has 0 aliphatic rings. The summed E-state index contributed by atoms with van der Waals surface area (Å²) in [5, 5.41) is 10.5. The Morgan fingerprint density at radius 2 is 1.96 bits per heavy atom. The van der Waals surface area contributed by atoms with Crippen molar-refractivity contribution in [2.75, 3.05) is 39.0 Å². The second kappa shape index (κ2) is 9.03. The smallest absolute Gasteiger partial charge is 0.233 e. The van der Waals surface area contributed by atoms with Crippen molar-refractivity contribution in [3.63, 3.8) is 0 Å². The number of anilines is 1. The van der Waals surface area contributed by atoms with Gasteiger partial charge in [0.25, 0.3) is 0 Å². The summed E-state index contributed by atoms with van der Waals surface area (Å²) in [6.07, 6.45) is 0. The van der Waals surface area contributed by atoms with Crippen LogP contribution in [-0.4, -0.2) is 54.1 Å². The zero-order valence-electron chi connectivity index (χ0n) is 15.9.